The van der Waals surface area contributed by atoms with Crippen molar-refractivity contribution < 1.29 is 14.0 Å². The van der Waals surface area contributed by atoms with Gasteiger partial charge in [0.15, 0.2) is 0 Å². The first-order chi connectivity index (χ1) is 12.6. The van der Waals surface area contributed by atoms with Crippen LogP contribution in [0.2, 0.25) is 0 Å². The van der Waals surface area contributed by atoms with Gasteiger partial charge in [0, 0.05) is 29.6 Å². The number of hydrogen-bond donors (Lipinski definition) is 3. The van der Waals surface area contributed by atoms with Crippen LogP contribution in [0.4, 0.5) is 10.1 Å². The number of nitrogens with one attached hydrogen (secondary N) is 3. The molecule has 3 rings (SSSR count). The topological polar surface area (TPSA) is 74.0 Å². The third kappa shape index (κ3) is 4.08. The SMILES string of the molecule is CCCC(=O)Nc1ccc(CNC(=O)c2cc3c(F)cccc3[nH]2)cc1. The van der Waals surface area contributed by atoms with Crippen LogP contribution in [0.15, 0.2) is 48.5 Å². The monoisotopic (exact) mass is 353 g/mol. The Hall–Kier alpha value is -3.15. The summed E-state index contributed by atoms with van der Waals surface area (Å²) in [5.74, 6) is -0.681. The second-order valence-corrected chi connectivity index (χ2v) is 6.06. The second-order valence-electron chi connectivity index (χ2n) is 6.06. The van der Waals surface area contributed by atoms with Gasteiger partial charge in [-0.1, -0.05) is 25.1 Å². The Bertz CT molecular complexity index is 932. The molecule has 26 heavy (non-hydrogen) atoms. The van der Waals surface area contributed by atoms with Crippen molar-refractivity contribution in [2.24, 2.45) is 0 Å². The highest BCUT2D eigenvalue weighted by Crippen LogP contribution is 2.18. The standard InChI is InChI=1S/C20H20FN3O2/c1-2-4-19(25)23-14-9-7-13(8-10-14)12-22-20(26)18-11-15-16(21)5-3-6-17(15)24-18/h3,5-11,24H,2,4,12H2,1H3,(H,22,26)(H,23,25). The van der Waals surface area contributed by atoms with E-state index in [-0.39, 0.29) is 17.6 Å². The van der Waals surface area contributed by atoms with Gasteiger partial charge in [-0.05, 0) is 42.3 Å². The van der Waals surface area contributed by atoms with Crippen molar-refractivity contribution in [2.75, 3.05) is 5.32 Å². The fourth-order valence-electron chi connectivity index (χ4n) is 2.67. The van der Waals surface area contributed by atoms with Gasteiger partial charge in [0.1, 0.15) is 11.5 Å². The molecule has 2 amide bonds. The van der Waals surface area contributed by atoms with E-state index in [1.165, 1.54) is 12.1 Å². The molecule has 134 valence electrons. The van der Waals surface area contributed by atoms with Crippen LogP contribution < -0.4 is 10.6 Å². The van der Waals surface area contributed by atoms with Crippen LogP contribution in [0.25, 0.3) is 10.9 Å². The number of benzene rings is 2. The molecule has 0 aliphatic rings. The molecule has 0 saturated heterocycles. The summed E-state index contributed by atoms with van der Waals surface area (Å²) in [6.45, 7) is 2.28. The molecular formula is C20H20FN3O2. The number of aromatic amines is 1. The fourth-order valence-corrected chi connectivity index (χ4v) is 2.67. The maximum absolute atomic E-state index is 13.7. The van der Waals surface area contributed by atoms with E-state index >= 15 is 0 Å². The Balaban J connectivity index is 1.60. The molecule has 1 heterocycles. The van der Waals surface area contributed by atoms with Crippen molar-refractivity contribution in [3.05, 3.63) is 65.6 Å². The number of fused-ring (bicyclic) bond motifs is 1. The molecule has 0 atom stereocenters. The number of hydrogen-bond acceptors (Lipinski definition) is 2. The lowest BCUT2D eigenvalue weighted by Gasteiger charge is -2.07. The lowest BCUT2D eigenvalue weighted by Crippen LogP contribution is -2.23. The molecule has 0 fully saturated rings. The van der Waals surface area contributed by atoms with Gasteiger partial charge in [-0.25, -0.2) is 4.39 Å². The van der Waals surface area contributed by atoms with Gasteiger partial charge in [0.25, 0.3) is 5.91 Å². The van der Waals surface area contributed by atoms with Crippen LogP contribution >= 0.6 is 0 Å². The summed E-state index contributed by atoms with van der Waals surface area (Å²) in [4.78, 5) is 26.7. The number of H-pyrrole nitrogens is 1. The first-order valence-corrected chi connectivity index (χ1v) is 8.51. The van der Waals surface area contributed by atoms with Gasteiger partial charge < -0.3 is 15.6 Å². The van der Waals surface area contributed by atoms with E-state index in [1.807, 2.05) is 19.1 Å². The van der Waals surface area contributed by atoms with Crippen LogP contribution in [0.5, 0.6) is 0 Å². The molecule has 6 heteroatoms. The number of amides is 2. The zero-order chi connectivity index (χ0) is 18.5. The van der Waals surface area contributed by atoms with Gasteiger partial charge in [0.2, 0.25) is 5.91 Å². The van der Waals surface area contributed by atoms with Gasteiger partial charge in [-0.15, -0.1) is 0 Å². The quantitative estimate of drug-likeness (QED) is 0.627. The minimum Gasteiger partial charge on any atom is -0.350 e. The summed E-state index contributed by atoms with van der Waals surface area (Å²) in [6.07, 6.45) is 1.29. The average molecular weight is 353 g/mol. The van der Waals surface area contributed by atoms with Crippen molar-refractivity contribution >= 4 is 28.4 Å². The Morgan fingerprint density at radius 1 is 1.12 bits per heavy atom. The van der Waals surface area contributed by atoms with E-state index < -0.39 is 0 Å². The van der Waals surface area contributed by atoms with E-state index in [1.54, 1.807) is 24.3 Å². The molecule has 0 spiro atoms. The van der Waals surface area contributed by atoms with Crippen molar-refractivity contribution in [2.45, 2.75) is 26.3 Å². The molecule has 1 aromatic heterocycles. The maximum Gasteiger partial charge on any atom is 0.267 e. The summed E-state index contributed by atoms with van der Waals surface area (Å²) >= 11 is 0. The lowest BCUT2D eigenvalue weighted by atomic mass is 10.2. The predicted molar refractivity (Wildman–Crippen MR) is 99.4 cm³/mol. The molecule has 0 unspecified atom stereocenters. The summed E-state index contributed by atoms with van der Waals surface area (Å²) < 4.78 is 13.7. The fraction of sp³-hybridized carbons (Fsp3) is 0.200. The molecule has 0 radical (unpaired) electrons. The summed E-state index contributed by atoms with van der Waals surface area (Å²) in [5.41, 5.74) is 2.52. The molecule has 0 aliphatic heterocycles. The highest BCUT2D eigenvalue weighted by atomic mass is 19.1. The zero-order valence-electron chi connectivity index (χ0n) is 14.4. The third-order valence-corrected chi connectivity index (χ3v) is 4.02. The Morgan fingerprint density at radius 3 is 2.58 bits per heavy atom. The number of halogens is 1. The maximum atomic E-state index is 13.7. The van der Waals surface area contributed by atoms with Crippen LogP contribution in [0.1, 0.15) is 35.8 Å². The number of anilines is 1. The van der Waals surface area contributed by atoms with Crippen molar-refractivity contribution in [1.82, 2.24) is 10.3 Å². The largest absolute Gasteiger partial charge is 0.350 e. The normalized spacial score (nSPS) is 10.7. The van der Waals surface area contributed by atoms with Gasteiger partial charge in [-0.3, -0.25) is 9.59 Å². The number of aromatic nitrogens is 1. The predicted octanol–water partition coefficient (Wildman–Crippen LogP) is 3.98. The highest BCUT2D eigenvalue weighted by Gasteiger charge is 2.11. The minimum absolute atomic E-state index is 0.0143. The van der Waals surface area contributed by atoms with E-state index in [4.69, 9.17) is 0 Å². The van der Waals surface area contributed by atoms with Crippen LogP contribution in [-0.4, -0.2) is 16.8 Å². The number of rotatable bonds is 6. The van der Waals surface area contributed by atoms with E-state index in [0.29, 0.717) is 29.6 Å². The molecule has 3 aromatic rings. The Labute approximate surface area is 150 Å². The summed E-state index contributed by atoms with van der Waals surface area (Å²) in [6, 6.07) is 13.5. The Morgan fingerprint density at radius 2 is 1.88 bits per heavy atom. The molecule has 0 saturated carbocycles. The van der Waals surface area contributed by atoms with Crippen LogP contribution in [-0.2, 0) is 11.3 Å². The molecule has 0 bridgehead atoms. The van der Waals surface area contributed by atoms with Crippen LogP contribution in [0, 0.1) is 5.82 Å². The van der Waals surface area contributed by atoms with Crippen molar-refractivity contribution in [3.63, 3.8) is 0 Å². The van der Waals surface area contributed by atoms with Crippen molar-refractivity contribution in [1.29, 1.82) is 0 Å². The smallest absolute Gasteiger partial charge is 0.267 e. The first-order valence-electron chi connectivity index (χ1n) is 8.51. The van der Waals surface area contributed by atoms with Crippen molar-refractivity contribution in [3.8, 4) is 0 Å². The van der Waals surface area contributed by atoms with E-state index in [0.717, 1.165) is 17.7 Å². The van der Waals surface area contributed by atoms with E-state index in [2.05, 4.69) is 15.6 Å². The number of carbonyl (C=O) groups excluding carboxylic acids is 2. The molecule has 3 N–H and O–H groups in total. The van der Waals surface area contributed by atoms with Gasteiger partial charge in [0.05, 0.1) is 0 Å². The molecule has 0 aliphatic carbocycles. The molecular weight excluding hydrogens is 333 g/mol. The third-order valence-electron chi connectivity index (χ3n) is 4.02. The summed E-state index contributed by atoms with van der Waals surface area (Å²) in [7, 11) is 0. The van der Waals surface area contributed by atoms with Gasteiger partial charge >= 0.3 is 0 Å². The minimum atomic E-state index is -0.362. The van der Waals surface area contributed by atoms with Crippen LogP contribution in [0.3, 0.4) is 0 Å². The van der Waals surface area contributed by atoms with Gasteiger partial charge in [-0.2, -0.15) is 0 Å². The second kappa shape index (κ2) is 7.82. The summed E-state index contributed by atoms with van der Waals surface area (Å²) in [5, 5.41) is 6.00. The highest BCUT2D eigenvalue weighted by molar-refractivity contribution is 5.98. The molecule has 5 nitrogen and oxygen atoms in total. The molecule has 2 aromatic carbocycles. The Kier molecular flexibility index (Phi) is 5.31. The van der Waals surface area contributed by atoms with E-state index in [9.17, 15) is 14.0 Å². The first kappa shape index (κ1) is 17.7. The lowest BCUT2D eigenvalue weighted by molar-refractivity contribution is -0.116. The zero-order valence-corrected chi connectivity index (χ0v) is 14.4. The number of carbonyl (C=O) groups is 2. The average Bonchev–Trinajstić information content (AvgIpc) is 3.07.